The average Bonchev–Trinajstić information content (AvgIpc) is 3.07. The van der Waals surface area contributed by atoms with Gasteiger partial charge in [0.2, 0.25) is 23.0 Å². The minimum absolute atomic E-state index is 0.317. The van der Waals surface area contributed by atoms with Gasteiger partial charge in [0, 0.05) is 16.5 Å². The molecular formula is C41H64O8. The maximum atomic E-state index is 6.61. The smallest absolute Gasteiger partial charge is 0.207 e. The van der Waals surface area contributed by atoms with Crippen LogP contribution in [0.5, 0.6) is 46.0 Å². The third kappa shape index (κ3) is 11.7. The van der Waals surface area contributed by atoms with E-state index in [1.807, 2.05) is 26.0 Å². The molecule has 0 radical (unpaired) electrons. The van der Waals surface area contributed by atoms with Crippen LogP contribution in [0.15, 0.2) is 36.4 Å². The monoisotopic (exact) mass is 684 g/mol. The summed E-state index contributed by atoms with van der Waals surface area (Å²) >= 11 is 0. The summed E-state index contributed by atoms with van der Waals surface area (Å²) in [7, 11) is 0. The molecule has 0 bridgehead atoms. The Bertz CT molecular complexity index is 1230. The first-order chi connectivity index (χ1) is 23.5. The van der Waals surface area contributed by atoms with E-state index in [0.29, 0.717) is 98.9 Å². The van der Waals surface area contributed by atoms with Gasteiger partial charge in [-0.25, -0.2) is 0 Å². The zero-order valence-electron chi connectivity index (χ0n) is 32.2. The van der Waals surface area contributed by atoms with Crippen LogP contribution in [-0.2, 0) is 5.41 Å². The molecule has 0 aromatic heterocycles. The maximum absolute atomic E-state index is 6.61. The first-order valence-electron chi connectivity index (χ1n) is 18.3. The van der Waals surface area contributed by atoms with Crippen LogP contribution in [0.1, 0.15) is 119 Å². The van der Waals surface area contributed by atoms with Crippen LogP contribution < -0.4 is 37.9 Å². The van der Waals surface area contributed by atoms with Crippen LogP contribution in [-0.4, -0.2) is 52.9 Å². The Morgan fingerprint density at radius 3 is 1.02 bits per heavy atom. The fraction of sp³-hybridized carbons (Fsp3) is 0.610. The molecule has 0 N–H and O–H groups in total. The highest BCUT2D eigenvalue weighted by molar-refractivity contribution is 5.70. The van der Waals surface area contributed by atoms with Crippen LogP contribution in [0.25, 0.3) is 0 Å². The summed E-state index contributed by atoms with van der Waals surface area (Å²) in [5, 5.41) is 0. The molecule has 2 aromatic carbocycles. The first kappa shape index (κ1) is 41.5. The standard InChI is InChI=1S/C41H64O8/c1-13-19-42-33-25-31(35(44-21-15-3)39(46-23-17-5)37(33)48-27-29(7)8)41(11,12)32-26-34(43-20-14-2)38(49-28-30(9)10)40(47-24-18-6)36(32)45-22-16-4/h25-26H,7,9,13-24,27-28H2,1-6,8,10-12H3. The van der Waals surface area contributed by atoms with Gasteiger partial charge in [0.1, 0.15) is 13.2 Å². The minimum Gasteiger partial charge on any atom is -0.490 e. The van der Waals surface area contributed by atoms with Gasteiger partial charge in [-0.2, -0.15) is 0 Å². The lowest BCUT2D eigenvalue weighted by molar-refractivity contribution is 0.227. The third-order valence-corrected chi connectivity index (χ3v) is 7.31. The molecule has 2 rings (SSSR count). The number of benzene rings is 2. The summed E-state index contributed by atoms with van der Waals surface area (Å²) in [6, 6.07) is 4.06. The van der Waals surface area contributed by atoms with Crippen molar-refractivity contribution in [1.29, 1.82) is 0 Å². The van der Waals surface area contributed by atoms with Crippen molar-refractivity contribution in [2.75, 3.05) is 52.9 Å². The van der Waals surface area contributed by atoms with Crippen molar-refractivity contribution in [2.24, 2.45) is 0 Å². The van der Waals surface area contributed by atoms with Gasteiger partial charge in [0.05, 0.1) is 39.6 Å². The second kappa shape index (κ2) is 21.4. The highest BCUT2D eigenvalue weighted by Gasteiger charge is 2.38. The van der Waals surface area contributed by atoms with Gasteiger partial charge in [-0.15, -0.1) is 0 Å². The molecule has 0 atom stereocenters. The summed E-state index contributed by atoms with van der Waals surface area (Å²) in [5.41, 5.74) is 2.75. The van der Waals surface area contributed by atoms with E-state index in [4.69, 9.17) is 37.9 Å². The second-order valence-corrected chi connectivity index (χ2v) is 13.0. The molecule has 276 valence electrons. The van der Waals surface area contributed by atoms with E-state index in [2.05, 4.69) is 68.5 Å². The molecule has 0 spiro atoms. The van der Waals surface area contributed by atoms with Gasteiger partial charge in [0.15, 0.2) is 23.0 Å². The molecule has 0 saturated heterocycles. The molecule has 49 heavy (non-hydrogen) atoms. The predicted octanol–water partition coefficient (Wildman–Crippen LogP) is 10.7. The Morgan fingerprint density at radius 2 is 0.735 bits per heavy atom. The van der Waals surface area contributed by atoms with E-state index in [1.165, 1.54) is 0 Å². The Balaban J connectivity index is 3.13. The molecular weight excluding hydrogens is 620 g/mol. The fourth-order valence-electron chi connectivity index (χ4n) is 4.94. The van der Waals surface area contributed by atoms with Crippen molar-refractivity contribution >= 4 is 0 Å². The molecule has 0 aliphatic heterocycles. The van der Waals surface area contributed by atoms with Crippen molar-refractivity contribution in [1.82, 2.24) is 0 Å². The maximum Gasteiger partial charge on any atom is 0.207 e. The quantitative estimate of drug-likeness (QED) is 0.0907. The van der Waals surface area contributed by atoms with Crippen LogP contribution in [0.3, 0.4) is 0 Å². The molecule has 0 unspecified atom stereocenters. The van der Waals surface area contributed by atoms with E-state index in [0.717, 1.165) is 60.8 Å². The molecule has 8 heteroatoms. The lowest BCUT2D eigenvalue weighted by Gasteiger charge is -2.33. The van der Waals surface area contributed by atoms with Gasteiger partial charge >= 0.3 is 0 Å². The topological polar surface area (TPSA) is 73.8 Å². The molecule has 0 saturated carbocycles. The molecule has 0 fully saturated rings. The van der Waals surface area contributed by atoms with E-state index in [9.17, 15) is 0 Å². The number of hydrogen-bond donors (Lipinski definition) is 0. The van der Waals surface area contributed by atoms with E-state index < -0.39 is 5.41 Å². The normalized spacial score (nSPS) is 11.1. The molecule has 0 amide bonds. The third-order valence-electron chi connectivity index (χ3n) is 7.31. The van der Waals surface area contributed by atoms with Crippen molar-refractivity contribution in [3.05, 3.63) is 47.6 Å². The van der Waals surface area contributed by atoms with Crippen LogP contribution >= 0.6 is 0 Å². The Labute approximate surface area is 297 Å². The molecule has 0 aliphatic carbocycles. The van der Waals surface area contributed by atoms with E-state index in [1.54, 1.807) is 0 Å². The lowest BCUT2D eigenvalue weighted by Crippen LogP contribution is -2.24. The highest BCUT2D eigenvalue weighted by Crippen LogP contribution is 2.56. The van der Waals surface area contributed by atoms with Gasteiger partial charge in [-0.05, 0) is 75.7 Å². The zero-order chi connectivity index (χ0) is 36.4. The average molecular weight is 685 g/mol. The van der Waals surface area contributed by atoms with E-state index >= 15 is 0 Å². The summed E-state index contributed by atoms with van der Waals surface area (Å²) in [6.07, 6.45) is 4.90. The first-order valence-corrected chi connectivity index (χ1v) is 18.3. The van der Waals surface area contributed by atoms with Crippen molar-refractivity contribution in [3.8, 4) is 46.0 Å². The van der Waals surface area contributed by atoms with Crippen LogP contribution in [0.2, 0.25) is 0 Å². The minimum atomic E-state index is -0.741. The van der Waals surface area contributed by atoms with Gasteiger partial charge in [-0.1, -0.05) is 68.5 Å². The number of ether oxygens (including phenoxy) is 8. The lowest BCUT2D eigenvalue weighted by atomic mass is 9.76. The number of hydrogen-bond acceptors (Lipinski definition) is 8. The molecule has 2 aromatic rings. The van der Waals surface area contributed by atoms with Crippen LogP contribution in [0.4, 0.5) is 0 Å². The van der Waals surface area contributed by atoms with Crippen LogP contribution in [0, 0.1) is 0 Å². The Hall–Kier alpha value is -3.68. The Kier molecular flexibility index (Phi) is 18.1. The molecule has 8 nitrogen and oxygen atoms in total. The van der Waals surface area contributed by atoms with Crippen molar-refractivity contribution in [3.63, 3.8) is 0 Å². The molecule has 0 aliphatic rings. The van der Waals surface area contributed by atoms with Gasteiger partial charge < -0.3 is 37.9 Å². The molecule has 0 heterocycles. The Morgan fingerprint density at radius 1 is 0.449 bits per heavy atom. The largest absolute Gasteiger partial charge is 0.490 e. The summed E-state index contributed by atoms with van der Waals surface area (Å²) in [6.45, 7) is 32.4. The predicted molar refractivity (Wildman–Crippen MR) is 200 cm³/mol. The zero-order valence-corrected chi connectivity index (χ0v) is 32.2. The summed E-state index contributed by atoms with van der Waals surface area (Å²) in [5.74, 6) is 4.47. The SMILES string of the molecule is C=C(C)COc1c(OCCC)cc(C(C)(C)c2cc(OCCC)c(OCC(=C)C)c(OCCC)c2OCCC)c(OCCC)c1OCCC. The highest BCUT2D eigenvalue weighted by atomic mass is 16.6. The summed E-state index contributed by atoms with van der Waals surface area (Å²) in [4.78, 5) is 0. The van der Waals surface area contributed by atoms with Gasteiger partial charge in [0.25, 0.3) is 0 Å². The van der Waals surface area contributed by atoms with Crippen molar-refractivity contribution < 1.29 is 37.9 Å². The van der Waals surface area contributed by atoms with E-state index in [-0.39, 0.29) is 0 Å². The van der Waals surface area contributed by atoms with Gasteiger partial charge in [-0.3, -0.25) is 0 Å². The summed E-state index contributed by atoms with van der Waals surface area (Å²) < 4.78 is 51.7. The second-order valence-electron chi connectivity index (χ2n) is 13.0. The number of rotatable bonds is 26. The fourth-order valence-corrected chi connectivity index (χ4v) is 4.94. The van der Waals surface area contributed by atoms with Crippen molar-refractivity contribution in [2.45, 2.75) is 113 Å².